The number of nitrogens with zero attached hydrogens (tertiary/aromatic N) is 1. The van der Waals surface area contributed by atoms with Crippen molar-refractivity contribution in [2.75, 3.05) is 11.9 Å². The molecule has 22 heavy (non-hydrogen) atoms. The molecule has 0 radical (unpaired) electrons. The minimum atomic E-state index is -0.366. The van der Waals surface area contributed by atoms with Gasteiger partial charge in [0.1, 0.15) is 5.82 Å². The molecule has 1 aromatic heterocycles. The number of ketones is 1. The molecule has 0 aliphatic rings. The van der Waals surface area contributed by atoms with Crippen LogP contribution >= 0.6 is 0 Å². The number of aryl methyl sites for hydroxylation is 2. The highest BCUT2D eigenvalue weighted by molar-refractivity contribution is 5.96. The van der Waals surface area contributed by atoms with Crippen LogP contribution in [-0.2, 0) is 0 Å². The summed E-state index contributed by atoms with van der Waals surface area (Å²) in [6, 6.07) is 12.4. The molecule has 0 aliphatic heterocycles. The number of anilines is 1. The van der Waals surface area contributed by atoms with E-state index in [0.717, 1.165) is 11.3 Å². The van der Waals surface area contributed by atoms with Gasteiger partial charge in [-0.15, -0.1) is 0 Å². The average molecular weight is 297 g/mol. The largest absolute Gasteiger partial charge is 0.337 e. The molecule has 0 fully saturated rings. The Labute approximate surface area is 129 Å². The summed E-state index contributed by atoms with van der Waals surface area (Å²) in [5.41, 5.74) is 2.60. The number of carbonyl (C=O) groups is 2. The van der Waals surface area contributed by atoms with Crippen LogP contribution in [0.4, 0.5) is 10.6 Å². The summed E-state index contributed by atoms with van der Waals surface area (Å²) in [5.74, 6) is 0.497. The van der Waals surface area contributed by atoms with Crippen molar-refractivity contribution in [2.45, 2.75) is 20.3 Å². The lowest BCUT2D eigenvalue weighted by Gasteiger charge is -2.07. The van der Waals surface area contributed by atoms with Gasteiger partial charge in [-0.3, -0.25) is 10.1 Å². The zero-order chi connectivity index (χ0) is 15.9. The molecule has 0 unspecified atom stereocenters. The molecular weight excluding hydrogens is 278 g/mol. The third-order valence-corrected chi connectivity index (χ3v) is 3.14. The Hall–Kier alpha value is -2.69. The van der Waals surface area contributed by atoms with Gasteiger partial charge in [-0.1, -0.05) is 35.9 Å². The van der Waals surface area contributed by atoms with E-state index < -0.39 is 0 Å². The number of nitrogens with one attached hydrogen (secondary N) is 2. The van der Waals surface area contributed by atoms with Crippen molar-refractivity contribution < 1.29 is 9.59 Å². The Morgan fingerprint density at radius 2 is 1.77 bits per heavy atom. The van der Waals surface area contributed by atoms with Crippen LogP contribution < -0.4 is 10.6 Å². The first-order valence-corrected chi connectivity index (χ1v) is 7.13. The minimum absolute atomic E-state index is 0.00832. The van der Waals surface area contributed by atoms with Gasteiger partial charge in [-0.2, -0.15) is 0 Å². The molecule has 5 nitrogen and oxygen atoms in total. The Morgan fingerprint density at radius 3 is 2.45 bits per heavy atom. The molecular formula is C17H19N3O2. The SMILES string of the molecule is Cc1ccc(C(=O)CCNC(=O)Nc2cccc(C)n2)cc1. The summed E-state index contributed by atoms with van der Waals surface area (Å²) in [5, 5.41) is 5.28. The molecule has 2 N–H and O–H groups in total. The number of amides is 2. The van der Waals surface area contributed by atoms with Crippen molar-refractivity contribution in [3.8, 4) is 0 Å². The lowest BCUT2D eigenvalue weighted by Crippen LogP contribution is -2.31. The number of hydrogen-bond acceptors (Lipinski definition) is 3. The van der Waals surface area contributed by atoms with Crippen molar-refractivity contribution in [3.05, 3.63) is 59.3 Å². The van der Waals surface area contributed by atoms with Crippen molar-refractivity contribution in [3.63, 3.8) is 0 Å². The van der Waals surface area contributed by atoms with E-state index in [9.17, 15) is 9.59 Å². The molecule has 2 rings (SSSR count). The predicted octanol–water partition coefficient (Wildman–Crippen LogP) is 3.09. The Morgan fingerprint density at radius 1 is 1.05 bits per heavy atom. The third kappa shape index (κ3) is 4.70. The van der Waals surface area contributed by atoms with Crippen LogP contribution in [0.15, 0.2) is 42.5 Å². The second-order valence-corrected chi connectivity index (χ2v) is 5.08. The van der Waals surface area contributed by atoms with Crippen molar-refractivity contribution in [2.24, 2.45) is 0 Å². The first-order chi connectivity index (χ1) is 10.5. The number of urea groups is 1. The van der Waals surface area contributed by atoms with Crippen molar-refractivity contribution in [1.29, 1.82) is 0 Å². The van der Waals surface area contributed by atoms with E-state index in [1.165, 1.54) is 0 Å². The Kier molecular flexibility index (Phi) is 5.25. The minimum Gasteiger partial charge on any atom is -0.337 e. The van der Waals surface area contributed by atoms with Gasteiger partial charge >= 0.3 is 6.03 Å². The normalized spacial score (nSPS) is 10.1. The summed E-state index contributed by atoms with van der Waals surface area (Å²) in [6.45, 7) is 4.10. The first-order valence-electron chi connectivity index (χ1n) is 7.13. The summed E-state index contributed by atoms with van der Waals surface area (Å²) >= 11 is 0. The molecule has 1 heterocycles. The van der Waals surface area contributed by atoms with Gasteiger partial charge in [-0.05, 0) is 26.0 Å². The van der Waals surface area contributed by atoms with Gasteiger partial charge in [0, 0.05) is 24.2 Å². The maximum absolute atomic E-state index is 12.0. The van der Waals surface area contributed by atoms with Gasteiger partial charge in [-0.25, -0.2) is 9.78 Å². The number of benzene rings is 1. The van der Waals surface area contributed by atoms with Crippen molar-refractivity contribution >= 4 is 17.6 Å². The van der Waals surface area contributed by atoms with Crippen LogP contribution in [0.3, 0.4) is 0 Å². The second-order valence-electron chi connectivity index (χ2n) is 5.08. The van der Waals surface area contributed by atoms with Crippen LogP contribution in [0.1, 0.15) is 28.0 Å². The zero-order valence-electron chi connectivity index (χ0n) is 12.7. The Balaban J connectivity index is 1.77. The fourth-order valence-corrected chi connectivity index (χ4v) is 1.95. The van der Waals surface area contributed by atoms with Crippen molar-refractivity contribution in [1.82, 2.24) is 10.3 Å². The lowest BCUT2D eigenvalue weighted by atomic mass is 10.1. The summed E-state index contributed by atoms with van der Waals surface area (Å²) in [6.07, 6.45) is 0.262. The van der Waals surface area contributed by atoms with Gasteiger partial charge in [0.15, 0.2) is 5.78 Å². The van der Waals surface area contributed by atoms with E-state index in [-0.39, 0.29) is 24.8 Å². The number of Topliss-reactive ketones (excluding diaryl/α,β-unsaturated/α-hetero) is 1. The van der Waals surface area contributed by atoms with E-state index in [4.69, 9.17) is 0 Å². The number of rotatable bonds is 5. The fraction of sp³-hybridized carbons (Fsp3) is 0.235. The van der Waals surface area contributed by atoms with Crippen LogP contribution in [0.2, 0.25) is 0 Å². The average Bonchev–Trinajstić information content (AvgIpc) is 2.47. The molecule has 0 saturated heterocycles. The third-order valence-electron chi connectivity index (χ3n) is 3.14. The molecule has 2 aromatic rings. The molecule has 5 heteroatoms. The highest BCUT2D eigenvalue weighted by atomic mass is 16.2. The molecule has 0 aliphatic carbocycles. The maximum Gasteiger partial charge on any atom is 0.320 e. The van der Waals surface area contributed by atoms with Crippen LogP contribution in [-0.4, -0.2) is 23.3 Å². The van der Waals surface area contributed by atoms with Crippen LogP contribution in [0.5, 0.6) is 0 Å². The van der Waals surface area contributed by atoms with Crippen LogP contribution in [0, 0.1) is 13.8 Å². The molecule has 2 amide bonds. The topological polar surface area (TPSA) is 71.1 Å². The van der Waals surface area contributed by atoms with E-state index in [1.807, 2.05) is 38.1 Å². The van der Waals surface area contributed by atoms with Gasteiger partial charge in [0.2, 0.25) is 0 Å². The van der Waals surface area contributed by atoms with Gasteiger partial charge in [0.05, 0.1) is 0 Å². The van der Waals surface area contributed by atoms with E-state index in [0.29, 0.717) is 11.4 Å². The molecule has 0 spiro atoms. The molecule has 0 saturated carbocycles. The molecule has 0 atom stereocenters. The van der Waals surface area contributed by atoms with Gasteiger partial charge < -0.3 is 5.32 Å². The number of pyridine rings is 1. The summed E-state index contributed by atoms with van der Waals surface area (Å²) in [7, 11) is 0. The highest BCUT2D eigenvalue weighted by Gasteiger charge is 2.07. The Bertz CT molecular complexity index is 666. The number of aromatic nitrogens is 1. The quantitative estimate of drug-likeness (QED) is 0.833. The fourth-order valence-electron chi connectivity index (χ4n) is 1.95. The highest BCUT2D eigenvalue weighted by Crippen LogP contribution is 2.06. The van der Waals surface area contributed by atoms with E-state index >= 15 is 0 Å². The standard InChI is InChI=1S/C17H19N3O2/c1-12-6-8-14(9-7-12)15(21)10-11-18-17(22)20-16-5-3-4-13(2)19-16/h3-9H,10-11H2,1-2H3,(H2,18,19,20,22). The van der Waals surface area contributed by atoms with E-state index in [2.05, 4.69) is 15.6 Å². The van der Waals surface area contributed by atoms with E-state index in [1.54, 1.807) is 18.2 Å². The first kappa shape index (κ1) is 15.7. The maximum atomic E-state index is 12.0. The summed E-state index contributed by atoms with van der Waals surface area (Å²) < 4.78 is 0. The zero-order valence-corrected chi connectivity index (χ0v) is 12.7. The smallest absolute Gasteiger partial charge is 0.320 e. The molecule has 114 valence electrons. The monoisotopic (exact) mass is 297 g/mol. The van der Waals surface area contributed by atoms with Gasteiger partial charge in [0.25, 0.3) is 0 Å². The summed E-state index contributed by atoms with van der Waals surface area (Å²) in [4.78, 5) is 27.8. The molecule has 1 aromatic carbocycles. The second kappa shape index (κ2) is 7.36. The van der Waals surface area contributed by atoms with Crippen LogP contribution in [0.25, 0.3) is 0 Å². The lowest BCUT2D eigenvalue weighted by molar-refractivity contribution is 0.0984. The number of carbonyl (C=O) groups excluding carboxylic acids is 2. The number of hydrogen-bond donors (Lipinski definition) is 2. The molecule has 0 bridgehead atoms. The predicted molar refractivity (Wildman–Crippen MR) is 86.1 cm³/mol.